The van der Waals surface area contributed by atoms with Crippen LogP contribution in [0.25, 0.3) is 11.0 Å². The van der Waals surface area contributed by atoms with E-state index in [4.69, 9.17) is 16.6 Å². The second-order valence-corrected chi connectivity index (χ2v) is 12.2. The average molecular weight is 601 g/mol. The lowest BCUT2D eigenvalue weighted by molar-refractivity contribution is -0.126. The first-order valence-electron chi connectivity index (χ1n) is 14.3. The molecule has 0 aliphatic carbocycles. The number of nitrogens with zero attached hydrogens (tertiary/aromatic N) is 4. The van der Waals surface area contributed by atoms with Crippen molar-refractivity contribution in [3.63, 3.8) is 0 Å². The van der Waals surface area contributed by atoms with Crippen LogP contribution in [-0.4, -0.2) is 41.8 Å². The van der Waals surface area contributed by atoms with Gasteiger partial charge >= 0.3 is 0 Å². The van der Waals surface area contributed by atoms with Gasteiger partial charge in [0.05, 0.1) is 34.2 Å². The number of rotatable bonds is 10. The van der Waals surface area contributed by atoms with Crippen molar-refractivity contribution in [2.45, 2.75) is 58.0 Å². The molecule has 3 heterocycles. The van der Waals surface area contributed by atoms with Crippen molar-refractivity contribution >= 4 is 34.4 Å². The van der Waals surface area contributed by atoms with Crippen molar-refractivity contribution in [1.29, 1.82) is 0 Å². The highest BCUT2D eigenvalue weighted by Crippen LogP contribution is 2.40. The van der Waals surface area contributed by atoms with E-state index < -0.39 is 11.5 Å². The van der Waals surface area contributed by atoms with Gasteiger partial charge in [-0.3, -0.25) is 19.4 Å². The van der Waals surface area contributed by atoms with Crippen LogP contribution in [0, 0.1) is 5.92 Å². The van der Waals surface area contributed by atoms with Crippen molar-refractivity contribution in [2.24, 2.45) is 13.0 Å². The highest BCUT2D eigenvalue weighted by molar-refractivity contribution is 6.31. The normalized spacial score (nSPS) is 14.0. The fourth-order valence-electron chi connectivity index (χ4n) is 5.47. The minimum Gasteiger partial charge on any atom is -0.347 e. The van der Waals surface area contributed by atoms with E-state index in [2.05, 4.69) is 44.8 Å². The Balaban J connectivity index is 1.52. The van der Waals surface area contributed by atoms with Crippen LogP contribution in [0.1, 0.15) is 85.8 Å². The molecule has 11 heteroatoms. The maximum absolute atomic E-state index is 13.5. The van der Waals surface area contributed by atoms with Gasteiger partial charge in [-0.05, 0) is 68.1 Å². The van der Waals surface area contributed by atoms with Crippen LogP contribution in [0.2, 0.25) is 5.02 Å². The van der Waals surface area contributed by atoms with E-state index in [1.807, 2.05) is 69.3 Å². The Morgan fingerprint density at radius 2 is 1.77 bits per heavy atom. The van der Waals surface area contributed by atoms with Gasteiger partial charge in [0.15, 0.2) is 0 Å². The van der Waals surface area contributed by atoms with Crippen LogP contribution >= 0.6 is 11.6 Å². The van der Waals surface area contributed by atoms with E-state index in [0.717, 1.165) is 27.9 Å². The SMILES string of the molecule is CC(NC(=O)C(C)(C)c1ccc2nc(C(NC(=O)c3ccnn3C)C(c3ccccc3Cl)C(C)C)[nH]c2c1)c1ccn[nH]1. The fourth-order valence-corrected chi connectivity index (χ4v) is 5.73. The summed E-state index contributed by atoms with van der Waals surface area (Å²) >= 11 is 6.70. The largest absolute Gasteiger partial charge is 0.347 e. The number of H-pyrrole nitrogens is 2. The van der Waals surface area contributed by atoms with E-state index in [1.165, 1.54) is 4.68 Å². The Kier molecular flexibility index (Phi) is 8.41. The molecule has 5 aromatic rings. The molecular weight excluding hydrogens is 564 g/mol. The molecule has 43 heavy (non-hydrogen) atoms. The molecule has 0 aliphatic rings. The van der Waals surface area contributed by atoms with Gasteiger partial charge in [0, 0.05) is 30.4 Å². The summed E-state index contributed by atoms with van der Waals surface area (Å²) in [6.45, 7) is 9.90. The number of nitrogens with one attached hydrogen (secondary N) is 4. The molecule has 0 spiro atoms. The number of hydrogen-bond donors (Lipinski definition) is 4. The molecule has 2 aromatic carbocycles. The molecule has 0 aliphatic heterocycles. The van der Waals surface area contributed by atoms with Crippen LogP contribution in [0.3, 0.4) is 0 Å². The lowest BCUT2D eigenvalue weighted by Crippen LogP contribution is -2.41. The van der Waals surface area contributed by atoms with Crippen LogP contribution in [0.4, 0.5) is 0 Å². The summed E-state index contributed by atoms with van der Waals surface area (Å²) in [5, 5.41) is 18.0. The minimum absolute atomic E-state index is 0.0972. The maximum atomic E-state index is 13.5. The Labute approximate surface area is 255 Å². The van der Waals surface area contributed by atoms with E-state index >= 15 is 0 Å². The standard InChI is InChI=1S/C32H37ClN8O2/c1-18(2)27(21-9-7-8-10-22(21)33)28(39-30(42)26-14-16-35-41(26)6)29-37-24-12-11-20(17-25(24)38-29)32(4,5)31(43)36-19(3)23-13-15-34-40-23/h7-19,27-28H,1-6H3,(H,34,40)(H,36,43)(H,37,38)(H,39,42). The molecule has 5 rings (SSSR count). The monoisotopic (exact) mass is 600 g/mol. The first-order valence-corrected chi connectivity index (χ1v) is 14.7. The molecule has 224 valence electrons. The third-order valence-electron chi connectivity index (χ3n) is 8.10. The molecule has 0 saturated carbocycles. The van der Waals surface area contributed by atoms with Gasteiger partial charge in [0.25, 0.3) is 5.91 Å². The van der Waals surface area contributed by atoms with Gasteiger partial charge in [-0.1, -0.05) is 49.7 Å². The molecule has 0 fully saturated rings. The summed E-state index contributed by atoms with van der Waals surface area (Å²) < 4.78 is 1.54. The summed E-state index contributed by atoms with van der Waals surface area (Å²) in [7, 11) is 1.73. The third kappa shape index (κ3) is 6.06. The van der Waals surface area contributed by atoms with Crippen molar-refractivity contribution in [1.82, 2.24) is 40.6 Å². The fraction of sp³-hybridized carbons (Fsp3) is 0.344. The lowest BCUT2D eigenvalue weighted by atomic mass is 9.81. The number of hydrogen-bond acceptors (Lipinski definition) is 5. The van der Waals surface area contributed by atoms with Crippen molar-refractivity contribution in [3.05, 3.63) is 100 Å². The molecule has 10 nitrogen and oxygen atoms in total. The van der Waals surface area contributed by atoms with Gasteiger partial charge < -0.3 is 15.6 Å². The second-order valence-electron chi connectivity index (χ2n) is 11.8. The zero-order valence-electron chi connectivity index (χ0n) is 25.1. The van der Waals surface area contributed by atoms with Crippen LogP contribution in [-0.2, 0) is 17.3 Å². The van der Waals surface area contributed by atoms with Gasteiger partial charge in [-0.25, -0.2) is 4.98 Å². The van der Waals surface area contributed by atoms with E-state index in [9.17, 15) is 9.59 Å². The molecule has 3 atom stereocenters. The minimum atomic E-state index is -0.834. The van der Waals surface area contributed by atoms with Crippen molar-refractivity contribution in [3.8, 4) is 0 Å². The van der Waals surface area contributed by atoms with Crippen LogP contribution in [0.5, 0.6) is 0 Å². The first-order chi connectivity index (χ1) is 20.5. The Morgan fingerprint density at radius 1 is 1.00 bits per heavy atom. The predicted molar refractivity (Wildman–Crippen MR) is 167 cm³/mol. The number of aryl methyl sites for hydroxylation is 1. The van der Waals surface area contributed by atoms with Gasteiger partial charge in [0.1, 0.15) is 11.5 Å². The maximum Gasteiger partial charge on any atom is 0.270 e. The molecular formula is C32H37ClN8O2. The number of aromatic amines is 2. The molecule has 0 bridgehead atoms. The smallest absolute Gasteiger partial charge is 0.270 e. The third-order valence-corrected chi connectivity index (χ3v) is 8.45. The Hall–Kier alpha value is -4.44. The number of carbonyl (C=O) groups is 2. The predicted octanol–water partition coefficient (Wildman–Crippen LogP) is 5.74. The zero-order chi connectivity index (χ0) is 30.9. The van der Waals surface area contributed by atoms with Crippen LogP contribution in [0.15, 0.2) is 67.0 Å². The Bertz CT molecular complexity index is 1740. The number of fused-ring (bicyclic) bond motifs is 1. The van der Waals surface area contributed by atoms with Gasteiger partial charge in [0.2, 0.25) is 5.91 Å². The number of aromatic nitrogens is 6. The number of carbonyl (C=O) groups excluding carboxylic acids is 2. The number of benzene rings is 2. The summed E-state index contributed by atoms with van der Waals surface area (Å²) in [5.74, 6) is 0.107. The number of amides is 2. The molecule has 0 radical (unpaired) electrons. The first kappa shape index (κ1) is 30.0. The van der Waals surface area contributed by atoms with E-state index in [-0.39, 0.29) is 29.7 Å². The highest BCUT2D eigenvalue weighted by atomic mass is 35.5. The summed E-state index contributed by atoms with van der Waals surface area (Å²) in [4.78, 5) is 35.3. The second kappa shape index (κ2) is 12.0. The molecule has 2 amide bonds. The molecule has 0 saturated heterocycles. The van der Waals surface area contributed by atoms with Gasteiger partial charge in [-0.15, -0.1) is 0 Å². The topological polar surface area (TPSA) is 133 Å². The summed E-state index contributed by atoms with van der Waals surface area (Å²) in [6.07, 6.45) is 3.25. The highest BCUT2D eigenvalue weighted by Gasteiger charge is 2.35. The Morgan fingerprint density at radius 3 is 2.42 bits per heavy atom. The van der Waals surface area contributed by atoms with E-state index in [1.54, 1.807) is 25.5 Å². The van der Waals surface area contributed by atoms with Crippen molar-refractivity contribution in [2.75, 3.05) is 0 Å². The van der Waals surface area contributed by atoms with E-state index in [0.29, 0.717) is 16.5 Å². The number of imidazole rings is 1. The number of halogens is 1. The summed E-state index contributed by atoms with van der Waals surface area (Å²) in [5.41, 5.74) is 3.65. The molecule has 4 N–H and O–H groups in total. The molecule has 3 unspecified atom stereocenters. The molecule has 3 aromatic heterocycles. The van der Waals surface area contributed by atoms with Crippen molar-refractivity contribution < 1.29 is 9.59 Å². The summed E-state index contributed by atoms with van der Waals surface area (Å²) in [6, 6.07) is 16.2. The average Bonchev–Trinajstić information content (AvgIpc) is 3.74. The van der Waals surface area contributed by atoms with Gasteiger partial charge in [-0.2, -0.15) is 10.2 Å². The zero-order valence-corrected chi connectivity index (χ0v) is 25.9. The lowest BCUT2D eigenvalue weighted by Gasteiger charge is -2.31. The quantitative estimate of drug-likeness (QED) is 0.162. The van der Waals surface area contributed by atoms with Crippen LogP contribution < -0.4 is 10.6 Å².